The predicted octanol–water partition coefficient (Wildman–Crippen LogP) is 4.34. The summed E-state index contributed by atoms with van der Waals surface area (Å²) < 4.78 is 45.3. The summed E-state index contributed by atoms with van der Waals surface area (Å²) in [5, 5.41) is 26.9. The second-order valence-electron chi connectivity index (χ2n) is 9.27. The minimum absolute atomic E-state index is 0.0779. The molecule has 1 aliphatic heterocycles. The van der Waals surface area contributed by atoms with E-state index in [0.717, 1.165) is 6.07 Å². The lowest BCUT2D eigenvalue weighted by Crippen LogP contribution is -2.54. The molecule has 8 nitrogen and oxygen atoms in total. The molecule has 1 unspecified atom stereocenters. The van der Waals surface area contributed by atoms with Crippen LogP contribution in [0.3, 0.4) is 0 Å². The summed E-state index contributed by atoms with van der Waals surface area (Å²) >= 11 is 0. The van der Waals surface area contributed by atoms with Crippen LogP contribution in [0.15, 0.2) is 59.3 Å². The molecule has 0 saturated carbocycles. The number of carbonyl (C=O) groups excluding carboxylic acids is 2. The van der Waals surface area contributed by atoms with E-state index in [1.54, 1.807) is 42.2 Å². The molecule has 2 N–H and O–H groups in total. The van der Waals surface area contributed by atoms with Gasteiger partial charge in [0.05, 0.1) is 23.4 Å². The molecule has 3 aromatic rings. The van der Waals surface area contributed by atoms with Crippen molar-refractivity contribution in [3.05, 3.63) is 82.7 Å². The number of aliphatic hydroxyl groups is 1. The topological polar surface area (TPSA) is 119 Å². The second kappa shape index (κ2) is 10.7. The Hall–Kier alpha value is -4.17. The number of nitrogens with zero attached hydrogens (tertiary/aromatic N) is 3. The monoisotopic (exact) mass is 526 g/mol. The van der Waals surface area contributed by atoms with Gasteiger partial charge in [-0.25, -0.2) is 0 Å². The van der Waals surface area contributed by atoms with Crippen molar-refractivity contribution in [2.45, 2.75) is 38.0 Å². The summed E-state index contributed by atoms with van der Waals surface area (Å²) in [6.45, 7) is 2.14. The van der Waals surface area contributed by atoms with Crippen molar-refractivity contribution in [2.75, 3.05) is 18.4 Å². The van der Waals surface area contributed by atoms with Gasteiger partial charge in [-0.15, -0.1) is 0 Å². The largest absolute Gasteiger partial charge is 0.417 e. The van der Waals surface area contributed by atoms with Crippen molar-refractivity contribution in [3.8, 4) is 6.07 Å². The Morgan fingerprint density at radius 1 is 1.18 bits per heavy atom. The number of carbonyl (C=O) groups is 2. The van der Waals surface area contributed by atoms with Gasteiger partial charge in [0, 0.05) is 31.1 Å². The van der Waals surface area contributed by atoms with E-state index < -0.39 is 34.7 Å². The average molecular weight is 527 g/mol. The number of halogens is 3. The molecule has 0 spiro atoms. The number of rotatable bonds is 6. The molecule has 1 aromatic heterocycles. The van der Waals surface area contributed by atoms with Crippen LogP contribution in [0.5, 0.6) is 0 Å². The van der Waals surface area contributed by atoms with Crippen molar-refractivity contribution in [1.29, 1.82) is 5.26 Å². The third-order valence-corrected chi connectivity index (χ3v) is 6.85. The van der Waals surface area contributed by atoms with Gasteiger partial charge >= 0.3 is 6.18 Å². The number of alkyl halides is 3. The number of amides is 2. The first kappa shape index (κ1) is 26.9. The number of hydrogen-bond acceptors (Lipinski definition) is 6. The Labute approximate surface area is 216 Å². The van der Waals surface area contributed by atoms with E-state index in [9.17, 15) is 27.9 Å². The standard InChI is InChI=1S/C27H25F3N4O4/c1-17-22(16-32-38-17)24(35)34-11-9-20(10-12-34)26(37,14-18-5-3-2-4-6-18)25(36)33-21-8-7-19(15-31)23(13-21)27(28,29)30/h2-8,13,16,20,37H,9-12,14H2,1H3,(H,33,36). The highest BCUT2D eigenvalue weighted by atomic mass is 19.4. The summed E-state index contributed by atoms with van der Waals surface area (Å²) in [4.78, 5) is 27.9. The molecule has 0 aliphatic carbocycles. The molecule has 0 bridgehead atoms. The Balaban J connectivity index is 1.57. The van der Waals surface area contributed by atoms with E-state index >= 15 is 0 Å². The Morgan fingerprint density at radius 2 is 1.87 bits per heavy atom. The minimum atomic E-state index is -4.80. The lowest BCUT2D eigenvalue weighted by atomic mass is 9.76. The SMILES string of the molecule is Cc1oncc1C(=O)N1CCC(C(O)(Cc2ccccc2)C(=O)Nc2ccc(C#N)c(C(F)(F)F)c2)CC1. The zero-order valence-electron chi connectivity index (χ0n) is 20.5. The van der Waals surface area contributed by atoms with E-state index in [2.05, 4.69) is 10.5 Å². The lowest BCUT2D eigenvalue weighted by molar-refractivity contribution is -0.142. The van der Waals surface area contributed by atoms with Gasteiger partial charge in [0.1, 0.15) is 16.9 Å². The molecule has 4 rings (SSSR count). The predicted molar refractivity (Wildman–Crippen MR) is 130 cm³/mol. The number of benzene rings is 2. The maximum absolute atomic E-state index is 13.5. The van der Waals surface area contributed by atoms with Gasteiger partial charge in [-0.1, -0.05) is 35.5 Å². The first-order valence-corrected chi connectivity index (χ1v) is 11.9. The molecular weight excluding hydrogens is 501 g/mol. The molecule has 11 heteroatoms. The lowest BCUT2D eigenvalue weighted by Gasteiger charge is -2.40. The molecule has 198 valence electrons. The number of aromatic nitrogens is 1. The van der Waals surface area contributed by atoms with Gasteiger partial charge in [-0.05, 0) is 43.5 Å². The number of likely N-dealkylation sites (tertiary alicyclic amines) is 1. The van der Waals surface area contributed by atoms with Crippen LogP contribution in [0.25, 0.3) is 0 Å². The highest BCUT2D eigenvalue weighted by Crippen LogP contribution is 2.36. The summed E-state index contributed by atoms with van der Waals surface area (Å²) in [6.07, 6.45) is -2.96. The number of anilines is 1. The molecule has 38 heavy (non-hydrogen) atoms. The zero-order chi connectivity index (χ0) is 27.5. The first-order chi connectivity index (χ1) is 18.0. The van der Waals surface area contributed by atoms with Gasteiger partial charge < -0.3 is 19.8 Å². The van der Waals surface area contributed by atoms with Gasteiger partial charge in [0.25, 0.3) is 11.8 Å². The number of nitriles is 1. The van der Waals surface area contributed by atoms with Gasteiger partial charge in [0.2, 0.25) is 0 Å². The van der Waals surface area contributed by atoms with Crippen LogP contribution in [-0.4, -0.2) is 45.7 Å². The second-order valence-corrected chi connectivity index (χ2v) is 9.27. The van der Waals surface area contributed by atoms with Gasteiger partial charge in [-0.2, -0.15) is 18.4 Å². The van der Waals surface area contributed by atoms with E-state index in [-0.39, 0.29) is 43.9 Å². The smallest absolute Gasteiger partial charge is 0.379 e. The zero-order valence-corrected chi connectivity index (χ0v) is 20.5. The highest BCUT2D eigenvalue weighted by molar-refractivity contribution is 5.98. The van der Waals surface area contributed by atoms with Crippen LogP contribution < -0.4 is 5.32 Å². The third kappa shape index (κ3) is 5.55. The normalized spacial score (nSPS) is 15.9. The summed E-state index contributed by atoms with van der Waals surface area (Å²) in [5.41, 5.74) is -2.92. The molecule has 1 fully saturated rings. The van der Waals surface area contributed by atoms with E-state index in [0.29, 0.717) is 23.0 Å². The highest BCUT2D eigenvalue weighted by Gasteiger charge is 2.46. The third-order valence-electron chi connectivity index (χ3n) is 6.85. The van der Waals surface area contributed by atoms with Crippen LogP contribution >= 0.6 is 0 Å². The van der Waals surface area contributed by atoms with Crippen LogP contribution in [0, 0.1) is 24.2 Å². The van der Waals surface area contributed by atoms with Crippen molar-refractivity contribution in [3.63, 3.8) is 0 Å². The number of piperidine rings is 1. The quantitative estimate of drug-likeness (QED) is 0.493. The Kier molecular flexibility index (Phi) is 7.55. The fourth-order valence-corrected chi connectivity index (χ4v) is 4.74. The number of hydrogen-bond donors (Lipinski definition) is 2. The molecule has 1 saturated heterocycles. The fourth-order valence-electron chi connectivity index (χ4n) is 4.74. The average Bonchev–Trinajstić information content (AvgIpc) is 3.34. The van der Waals surface area contributed by atoms with Crippen molar-refractivity contribution in [2.24, 2.45) is 5.92 Å². The van der Waals surface area contributed by atoms with Crippen molar-refractivity contribution >= 4 is 17.5 Å². The Bertz CT molecular complexity index is 1360. The molecule has 1 aliphatic rings. The molecular formula is C27H25F3N4O4. The Morgan fingerprint density at radius 3 is 2.45 bits per heavy atom. The van der Waals surface area contributed by atoms with E-state index in [1.165, 1.54) is 18.3 Å². The van der Waals surface area contributed by atoms with E-state index in [1.807, 2.05) is 0 Å². The molecule has 0 radical (unpaired) electrons. The molecule has 2 amide bonds. The van der Waals surface area contributed by atoms with Crippen LogP contribution in [-0.2, 0) is 17.4 Å². The number of nitrogens with one attached hydrogen (secondary N) is 1. The minimum Gasteiger partial charge on any atom is -0.379 e. The van der Waals surface area contributed by atoms with Gasteiger partial charge in [-0.3, -0.25) is 9.59 Å². The maximum atomic E-state index is 13.5. The van der Waals surface area contributed by atoms with Crippen LogP contribution in [0.1, 0.15) is 45.7 Å². The van der Waals surface area contributed by atoms with Crippen LogP contribution in [0.2, 0.25) is 0 Å². The van der Waals surface area contributed by atoms with Gasteiger partial charge in [0.15, 0.2) is 0 Å². The maximum Gasteiger partial charge on any atom is 0.417 e. The van der Waals surface area contributed by atoms with Crippen molar-refractivity contribution in [1.82, 2.24) is 10.1 Å². The summed E-state index contributed by atoms with van der Waals surface area (Å²) in [6, 6.07) is 13.1. The van der Waals surface area contributed by atoms with E-state index in [4.69, 9.17) is 9.78 Å². The molecule has 2 heterocycles. The number of aryl methyl sites for hydroxylation is 1. The van der Waals surface area contributed by atoms with Crippen LogP contribution in [0.4, 0.5) is 18.9 Å². The molecule has 2 aromatic carbocycles. The summed E-state index contributed by atoms with van der Waals surface area (Å²) in [7, 11) is 0. The van der Waals surface area contributed by atoms with Crippen molar-refractivity contribution < 1.29 is 32.4 Å². The molecule has 1 atom stereocenters. The fraction of sp³-hybridized carbons (Fsp3) is 0.333. The first-order valence-electron chi connectivity index (χ1n) is 11.9. The summed E-state index contributed by atoms with van der Waals surface area (Å²) in [5.74, 6) is -1.33.